The number of benzene rings is 4. The first-order chi connectivity index (χ1) is 25.1. The summed E-state index contributed by atoms with van der Waals surface area (Å²) in [6.45, 7) is 4.45. The van der Waals surface area contributed by atoms with Crippen LogP contribution in [0.2, 0.25) is 7.25 Å². The number of halogens is 2. The normalized spacial score (nSPS) is 26.5. The molecule has 0 radical (unpaired) electrons. The molecule has 0 nitrogen and oxygen atoms in total. The predicted octanol–water partition coefficient (Wildman–Crippen LogP) is 8.70. The third-order valence-electron chi connectivity index (χ3n) is 15.0. The van der Waals surface area contributed by atoms with Gasteiger partial charge < -0.3 is 24.8 Å². The first kappa shape index (κ1) is 37.7. The van der Waals surface area contributed by atoms with Crippen LogP contribution in [0.1, 0.15) is 131 Å². The fourth-order valence-corrected chi connectivity index (χ4v) is 36.0. The predicted molar refractivity (Wildman–Crippen MR) is 214 cm³/mol. The summed E-state index contributed by atoms with van der Waals surface area (Å²) in [5.74, 6) is 1.56. The van der Waals surface area contributed by atoms with Gasteiger partial charge in [0.2, 0.25) is 0 Å². The van der Waals surface area contributed by atoms with Crippen molar-refractivity contribution in [3.8, 4) is 22.3 Å². The molecule has 1 aliphatic heterocycles. The third kappa shape index (κ3) is 6.27. The molecule has 4 unspecified atom stereocenters. The van der Waals surface area contributed by atoms with E-state index in [0.29, 0.717) is 0 Å². The van der Waals surface area contributed by atoms with Gasteiger partial charge in [0.25, 0.3) is 0 Å². The van der Waals surface area contributed by atoms with Crippen LogP contribution in [0.25, 0.3) is 34.4 Å². The molecular formula is C50H56Cl2Zr. The molecule has 1 saturated heterocycles. The number of hydrogen-bond donors (Lipinski definition) is 0. The molecule has 3 saturated carbocycles. The van der Waals surface area contributed by atoms with Crippen molar-refractivity contribution in [1.29, 1.82) is 0 Å². The minimum absolute atomic E-state index is 0. The number of rotatable bonds is 6. The molecule has 0 amide bonds. The zero-order valence-corrected chi connectivity index (χ0v) is 35.8. The van der Waals surface area contributed by atoms with Gasteiger partial charge in [0.15, 0.2) is 0 Å². The van der Waals surface area contributed by atoms with Crippen molar-refractivity contribution >= 4 is 12.2 Å². The van der Waals surface area contributed by atoms with Gasteiger partial charge in [-0.3, -0.25) is 0 Å². The maximum atomic E-state index is 2.84. The Labute approximate surface area is 336 Å². The summed E-state index contributed by atoms with van der Waals surface area (Å²) in [6, 6.07) is 34.0. The van der Waals surface area contributed by atoms with E-state index in [0.717, 1.165) is 26.3 Å². The van der Waals surface area contributed by atoms with Crippen molar-refractivity contribution in [2.45, 2.75) is 118 Å². The van der Waals surface area contributed by atoms with Gasteiger partial charge in [-0.05, 0) is 0 Å². The summed E-state index contributed by atoms with van der Waals surface area (Å²) in [6.07, 6.45) is 25.9. The average molecular weight is 819 g/mol. The monoisotopic (exact) mass is 816 g/mol. The van der Waals surface area contributed by atoms with Gasteiger partial charge in [-0.15, -0.1) is 0 Å². The molecule has 5 aliphatic carbocycles. The van der Waals surface area contributed by atoms with Gasteiger partial charge in [-0.2, -0.15) is 0 Å². The molecule has 0 N–H and O–H groups in total. The van der Waals surface area contributed by atoms with Crippen molar-refractivity contribution in [2.24, 2.45) is 11.8 Å². The fourth-order valence-electron chi connectivity index (χ4n) is 12.8. The average Bonchev–Trinajstić information content (AvgIpc) is 3.44. The van der Waals surface area contributed by atoms with Crippen molar-refractivity contribution in [1.82, 2.24) is 0 Å². The van der Waals surface area contributed by atoms with Gasteiger partial charge in [-0.1, -0.05) is 0 Å². The first-order valence-corrected chi connectivity index (χ1v) is 26.6. The van der Waals surface area contributed by atoms with Gasteiger partial charge in [0.1, 0.15) is 0 Å². The third-order valence-corrected chi connectivity index (χ3v) is 31.9. The van der Waals surface area contributed by atoms with E-state index in [1.54, 1.807) is 22.3 Å². The van der Waals surface area contributed by atoms with E-state index in [9.17, 15) is 0 Å². The molecule has 274 valence electrons. The molecule has 0 aromatic heterocycles. The van der Waals surface area contributed by atoms with Crippen LogP contribution >= 0.6 is 0 Å². The fraction of sp³-hybridized carbons (Fsp3) is 0.440. The summed E-state index contributed by atoms with van der Waals surface area (Å²) < 4.78 is 3.54. The van der Waals surface area contributed by atoms with Gasteiger partial charge >= 0.3 is 314 Å². The summed E-state index contributed by atoms with van der Waals surface area (Å²) in [5.41, 5.74) is 19.1. The van der Waals surface area contributed by atoms with E-state index in [-0.39, 0.29) is 24.8 Å². The van der Waals surface area contributed by atoms with Crippen LogP contribution in [-0.4, -0.2) is 0 Å². The quantitative estimate of drug-likeness (QED) is 0.183. The molecule has 3 heteroatoms. The second-order valence-electron chi connectivity index (χ2n) is 17.7. The van der Waals surface area contributed by atoms with Gasteiger partial charge in [0.05, 0.1) is 0 Å². The first-order valence-electron chi connectivity index (χ1n) is 21.0. The smallest absolute Gasteiger partial charge is 1.00 e. The van der Waals surface area contributed by atoms with E-state index in [2.05, 4.69) is 111 Å². The summed E-state index contributed by atoms with van der Waals surface area (Å²) >= 11 is -3.14. The van der Waals surface area contributed by atoms with Crippen molar-refractivity contribution in [3.63, 3.8) is 0 Å². The Morgan fingerprint density at radius 3 is 1.21 bits per heavy atom. The van der Waals surface area contributed by atoms with Crippen LogP contribution < -0.4 is 24.8 Å². The molecule has 6 aliphatic rings. The largest absolute Gasteiger partial charge is 1.00 e. The number of aryl methyl sites for hydroxylation is 2. The minimum Gasteiger partial charge on any atom is -1.00 e. The number of hydrogen-bond acceptors (Lipinski definition) is 0. The van der Waals surface area contributed by atoms with Crippen molar-refractivity contribution in [2.75, 3.05) is 0 Å². The molecule has 4 atom stereocenters. The zero-order valence-electron chi connectivity index (χ0n) is 31.9. The molecule has 0 spiro atoms. The topological polar surface area (TPSA) is 0 Å². The van der Waals surface area contributed by atoms with Crippen molar-refractivity contribution < 1.29 is 45.1 Å². The Morgan fingerprint density at radius 2 is 0.811 bits per heavy atom. The standard InChI is InChI=1S/2C22H23.C6H10.2ClH.Zr/c2*1-16-10-12-18(13-11-16)21-9-5-8-19-14-20(15-22(19)21)17-6-3-2-4-7-17;1-2-4-6-5-3-1;;;/h2*5,8-15,17H,2-4,6-7H2,1H3;1-2H,3-6H2;2*1H;/q;;;;;+2/p-2. The van der Waals surface area contributed by atoms with E-state index in [1.807, 2.05) is 11.1 Å². The Morgan fingerprint density at radius 1 is 0.434 bits per heavy atom. The van der Waals surface area contributed by atoms with Gasteiger partial charge in [-0.25, -0.2) is 0 Å². The molecule has 4 aromatic rings. The second-order valence-corrected chi connectivity index (χ2v) is 29.1. The van der Waals surface area contributed by atoms with Crippen LogP contribution in [0.15, 0.2) is 96.1 Å². The molecule has 53 heavy (non-hydrogen) atoms. The zero-order chi connectivity index (χ0) is 34.1. The van der Waals surface area contributed by atoms with Crippen LogP contribution in [0.3, 0.4) is 0 Å². The molecular weight excluding hydrogens is 763 g/mol. The Bertz CT molecular complexity index is 1860. The van der Waals surface area contributed by atoms with Crippen LogP contribution in [0.5, 0.6) is 0 Å². The molecule has 4 fully saturated rings. The minimum atomic E-state index is -3.14. The molecule has 4 aromatic carbocycles. The van der Waals surface area contributed by atoms with Crippen molar-refractivity contribution in [3.05, 3.63) is 129 Å². The van der Waals surface area contributed by atoms with Crippen LogP contribution in [-0.2, 0) is 20.3 Å². The maximum absolute atomic E-state index is 3.14. The van der Waals surface area contributed by atoms with E-state index < -0.39 is 20.3 Å². The van der Waals surface area contributed by atoms with Crippen LogP contribution in [0.4, 0.5) is 0 Å². The van der Waals surface area contributed by atoms with Crippen LogP contribution in [0, 0.1) is 25.7 Å². The SMILES string of the molecule is Cc1ccc(-c2cccc3c2C=C(C2CCCCC2)[CH]3[Zr+2]2([CH]3C(C4CCCCC4)=Cc4c(-c5ccc(C)cc5)cccc43)[CH]3CCCC[CH]32)cc1.[Cl-].[Cl-]. The van der Waals surface area contributed by atoms with Gasteiger partial charge in [0, 0.05) is 0 Å². The van der Waals surface area contributed by atoms with E-state index in [4.69, 9.17) is 0 Å². The summed E-state index contributed by atoms with van der Waals surface area (Å²) in [7, 11) is 0. The summed E-state index contributed by atoms with van der Waals surface area (Å²) in [4.78, 5) is 0. The second kappa shape index (κ2) is 15.4. The molecule has 0 bridgehead atoms. The van der Waals surface area contributed by atoms with E-state index in [1.165, 1.54) is 123 Å². The Hall–Kier alpha value is -2.18. The molecule has 1 heterocycles. The number of fused-ring (bicyclic) bond motifs is 3. The Kier molecular flexibility index (Phi) is 11.0. The molecule has 10 rings (SSSR count). The summed E-state index contributed by atoms with van der Waals surface area (Å²) in [5, 5.41) is 0. The number of allylic oxidation sites excluding steroid dienone is 2. The maximum Gasteiger partial charge on any atom is -1.00 e. The van der Waals surface area contributed by atoms with E-state index >= 15 is 0 Å². The Balaban J connectivity index is 0.00000200.